The van der Waals surface area contributed by atoms with E-state index < -0.39 is 0 Å². The smallest absolute Gasteiger partial charge is 0.164 e. The molecule has 2 aromatic heterocycles. The Bertz CT molecular complexity index is 2860. The molecule has 4 heteroatoms. The van der Waals surface area contributed by atoms with Crippen LogP contribution in [-0.2, 0) is 5.41 Å². The summed E-state index contributed by atoms with van der Waals surface area (Å²) >= 11 is 0. The van der Waals surface area contributed by atoms with Crippen LogP contribution in [0.1, 0.15) is 25.0 Å². The Labute approximate surface area is 333 Å². The first kappa shape index (κ1) is 34.2. The second-order valence-electron chi connectivity index (χ2n) is 15.1. The van der Waals surface area contributed by atoms with Gasteiger partial charge in [0.25, 0.3) is 0 Å². The number of nitrogens with zero attached hydrogens (tertiary/aromatic N) is 4. The third-order valence-electron chi connectivity index (χ3n) is 11.3. The molecule has 0 amide bonds. The minimum atomic E-state index is -0.132. The maximum Gasteiger partial charge on any atom is 0.164 e. The summed E-state index contributed by atoms with van der Waals surface area (Å²) in [5.74, 6) is 1.95. The van der Waals surface area contributed by atoms with Crippen LogP contribution in [0.15, 0.2) is 194 Å². The fraction of sp³-hybridized carbons (Fsp3) is 0.0566. The topological polar surface area (TPSA) is 51.6 Å². The molecule has 9 aromatic rings. The second kappa shape index (κ2) is 14.1. The second-order valence-corrected chi connectivity index (χ2v) is 15.1. The molecule has 0 N–H and O–H groups in total. The number of aromatic nitrogens is 4. The average Bonchev–Trinajstić information content (AvgIpc) is 3.53. The quantitative estimate of drug-likeness (QED) is 0.164. The van der Waals surface area contributed by atoms with Crippen LogP contribution >= 0.6 is 0 Å². The summed E-state index contributed by atoms with van der Waals surface area (Å²) < 4.78 is 0. The molecule has 0 saturated heterocycles. The van der Waals surface area contributed by atoms with Crippen molar-refractivity contribution in [2.45, 2.75) is 19.3 Å². The zero-order valence-electron chi connectivity index (χ0n) is 31.8. The van der Waals surface area contributed by atoms with Gasteiger partial charge in [0.2, 0.25) is 0 Å². The van der Waals surface area contributed by atoms with Crippen molar-refractivity contribution in [1.29, 1.82) is 0 Å². The monoisotopic (exact) mass is 730 g/mol. The van der Waals surface area contributed by atoms with Crippen LogP contribution in [0.25, 0.3) is 89.8 Å². The van der Waals surface area contributed by atoms with Gasteiger partial charge in [-0.1, -0.05) is 190 Å². The van der Waals surface area contributed by atoms with Gasteiger partial charge in [-0.3, -0.25) is 4.98 Å². The minimum Gasteiger partial charge on any atom is -0.264 e. The molecule has 1 aliphatic carbocycles. The zero-order chi connectivity index (χ0) is 38.3. The molecule has 57 heavy (non-hydrogen) atoms. The van der Waals surface area contributed by atoms with Crippen molar-refractivity contribution < 1.29 is 0 Å². The molecule has 0 fully saturated rings. The number of hydrogen-bond acceptors (Lipinski definition) is 4. The number of hydrogen-bond donors (Lipinski definition) is 0. The van der Waals surface area contributed by atoms with Gasteiger partial charge < -0.3 is 0 Å². The fourth-order valence-electron chi connectivity index (χ4n) is 8.19. The Balaban J connectivity index is 1.01. The lowest BCUT2D eigenvalue weighted by Gasteiger charge is -2.21. The number of benzene rings is 7. The highest BCUT2D eigenvalue weighted by atomic mass is 15.0. The van der Waals surface area contributed by atoms with Crippen molar-refractivity contribution in [2.24, 2.45) is 0 Å². The van der Waals surface area contributed by atoms with E-state index in [1.807, 2.05) is 18.3 Å². The summed E-state index contributed by atoms with van der Waals surface area (Å²) in [6, 6.07) is 64.2. The maximum atomic E-state index is 5.21. The maximum absolute atomic E-state index is 5.21. The summed E-state index contributed by atoms with van der Waals surface area (Å²) in [4.78, 5) is 19.8. The third-order valence-corrected chi connectivity index (χ3v) is 11.3. The van der Waals surface area contributed by atoms with Crippen LogP contribution < -0.4 is 0 Å². The first-order chi connectivity index (χ1) is 28.0. The molecule has 0 radical (unpaired) electrons. The van der Waals surface area contributed by atoms with Gasteiger partial charge in [0.1, 0.15) is 0 Å². The Kier molecular flexibility index (Phi) is 8.45. The zero-order valence-corrected chi connectivity index (χ0v) is 31.8. The molecule has 2 heterocycles. The average molecular weight is 731 g/mol. The molecule has 0 saturated carbocycles. The molecular formula is C53H38N4. The van der Waals surface area contributed by atoms with Gasteiger partial charge in [0, 0.05) is 34.5 Å². The number of pyridine rings is 1. The molecule has 0 bridgehead atoms. The molecule has 1 aliphatic rings. The van der Waals surface area contributed by atoms with Gasteiger partial charge in [-0.05, 0) is 72.8 Å². The van der Waals surface area contributed by atoms with E-state index in [0.29, 0.717) is 17.5 Å². The van der Waals surface area contributed by atoms with E-state index in [0.717, 1.165) is 44.5 Å². The van der Waals surface area contributed by atoms with E-state index in [-0.39, 0.29) is 5.41 Å². The Morgan fingerprint density at radius 2 is 0.719 bits per heavy atom. The van der Waals surface area contributed by atoms with Crippen molar-refractivity contribution in [3.05, 3.63) is 206 Å². The molecule has 270 valence electrons. The van der Waals surface area contributed by atoms with Gasteiger partial charge >= 0.3 is 0 Å². The van der Waals surface area contributed by atoms with Crippen LogP contribution in [0, 0.1) is 0 Å². The largest absolute Gasteiger partial charge is 0.264 e. The molecular weight excluding hydrogens is 693 g/mol. The minimum absolute atomic E-state index is 0.132. The van der Waals surface area contributed by atoms with Crippen LogP contribution in [0.2, 0.25) is 0 Å². The van der Waals surface area contributed by atoms with Crippen LogP contribution in [-0.4, -0.2) is 19.9 Å². The van der Waals surface area contributed by atoms with E-state index >= 15 is 0 Å². The lowest BCUT2D eigenvalue weighted by atomic mass is 9.82. The molecule has 0 atom stereocenters. The van der Waals surface area contributed by atoms with Crippen molar-refractivity contribution >= 4 is 0 Å². The van der Waals surface area contributed by atoms with Gasteiger partial charge in [-0.25, -0.2) is 15.0 Å². The molecule has 0 unspecified atom stereocenters. The molecule has 0 aliphatic heterocycles. The Morgan fingerprint density at radius 3 is 1.25 bits per heavy atom. The van der Waals surface area contributed by atoms with Crippen molar-refractivity contribution in [3.8, 4) is 89.8 Å². The van der Waals surface area contributed by atoms with Gasteiger partial charge in [-0.15, -0.1) is 0 Å². The summed E-state index contributed by atoms with van der Waals surface area (Å²) in [6.45, 7) is 4.60. The van der Waals surface area contributed by atoms with Crippen molar-refractivity contribution in [2.75, 3.05) is 0 Å². The first-order valence-corrected chi connectivity index (χ1v) is 19.4. The highest BCUT2D eigenvalue weighted by molar-refractivity contribution is 5.91. The van der Waals surface area contributed by atoms with E-state index in [9.17, 15) is 0 Å². The summed E-state index contributed by atoms with van der Waals surface area (Å²) in [7, 11) is 0. The van der Waals surface area contributed by atoms with E-state index in [1.165, 1.54) is 38.9 Å². The Morgan fingerprint density at radius 1 is 0.316 bits per heavy atom. The van der Waals surface area contributed by atoms with Crippen LogP contribution in [0.4, 0.5) is 0 Å². The van der Waals surface area contributed by atoms with Crippen LogP contribution in [0.3, 0.4) is 0 Å². The summed E-state index contributed by atoms with van der Waals surface area (Å²) in [5, 5.41) is 0. The van der Waals surface area contributed by atoms with E-state index in [4.69, 9.17) is 15.0 Å². The van der Waals surface area contributed by atoms with E-state index in [2.05, 4.69) is 189 Å². The predicted octanol–water partition coefficient (Wildman–Crippen LogP) is 13.2. The highest BCUT2D eigenvalue weighted by Crippen LogP contribution is 2.51. The number of rotatable bonds is 7. The fourth-order valence-corrected chi connectivity index (χ4v) is 8.19. The summed E-state index contributed by atoms with van der Waals surface area (Å²) in [6.07, 6.45) is 3.70. The van der Waals surface area contributed by atoms with Gasteiger partial charge in [-0.2, -0.15) is 0 Å². The standard InChI is InChI=1S/C53H38N4/c1-53(2)47-15-7-6-13-45(47)49-46(14-8-16-48(49)53)52-56-50(42-29-25-36(26-30-42)35-10-4-3-5-11-35)55-51(57-52)43-31-27-40(28-32-43)38-19-17-37(18-20-38)39-21-23-41(24-22-39)44-12-9-33-54-34-44/h3-34H,1-2H3. The molecule has 4 nitrogen and oxygen atoms in total. The number of fused-ring (bicyclic) bond motifs is 3. The normalized spacial score (nSPS) is 12.5. The molecule has 0 spiro atoms. The van der Waals surface area contributed by atoms with Crippen molar-refractivity contribution in [3.63, 3.8) is 0 Å². The van der Waals surface area contributed by atoms with Crippen LogP contribution in [0.5, 0.6) is 0 Å². The van der Waals surface area contributed by atoms with Gasteiger partial charge in [0.05, 0.1) is 0 Å². The third kappa shape index (κ3) is 6.31. The Hall–Kier alpha value is -7.30. The highest BCUT2D eigenvalue weighted by Gasteiger charge is 2.37. The van der Waals surface area contributed by atoms with Crippen molar-refractivity contribution in [1.82, 2.24) is 19.9 Å². The lowest BCUT2D eigenvalue weighted by Crippen LogP contribution is -2.14. The lowest BCUT2D eigenvalue weighted by molar-refractivity contribution is 0.660. The molecule has 7 aromatic carbocycles. The first-order valence-electron chi connectivity index (χ1n) is 19.4. The molecule has 10 rings (SSSR count). The summed E-state index contributed by atoms with van der Waals surface area (Å²) in [5.41, 5.74) is 17.0. The van der Waals surface area contributed by atoms with Gasteiger partial charge in [0.15, 0.2) is 17.5 Å². The SMILES string of the molecule is CC1(C)c2ccccc2-c2c(-c3nc(-c4ccc(-c5ccccc5)cc4)nc(-c4ccc(-c5ccc(-c6ccc(-c7cccnc7)cc6)cc5)cc4)n3)cccc21. The van der Waals surface area contributed by atoms with E-state index in [1.54, 1.807) is 6.20 Å². The predicted molar refractivity (Wildman–Crippen MR) is 233 cm³/mol.